The average molecular weight is 375 g/mol. The number of urea groups is 1. The normalized spacial score (nSPS) is 10.0. The van der Waals surface area contributed by atoms with E-state index in [-0.39, 0.29) is 11.9 Å². The van der Waals surface area contributed by atoms with Gasteiger partial charge in [0.2, 0.25) is 0 Å². The lowest BCUT2D eigenvalue weighted by atomic mass is 10.2. The van der Waals surface area contributed by atoms with Crippen molar-refractivity contribution in [2.45, 2.75) is 6.61 Å². The van der Waals surface area contributed by atoms with Gasteiger partial charge in [-0.1, -0.05) is 42.5 Å². The monoisotopic (exact) mass is 375 g/mol. The molecule has 3 N–H and O–H groups in total. The molecule has 3 aromatic rings. The Kier molecular flexibility index (Phi) is 6.25. The van der Waals surface area contributed by atoms with Crippen LogP contribution in [0.25, 0.3) is 0 Å². The van der Waals surface area contributed by atoms with E-state index in [1.807, 2.05) is 36.4 Å². The van der Waals surface area contributed by atoms with Crippen molar-refractivity contribution in [3.05, 3.63) is 90.0 Å². The first-order valence-electron chi connectivity index (χ1n) is 8.81. The van der Waals surface area contributed by atoms with E-state index in [1.54, 1.807) is 42.5 Å². The highest BCUT2D eigenvalue weighted by Crippen LogP contribution is 2.19. The Bertz CT molecular complexity index is 958. The predicted octanol–water partition coefficient (Wildman–Crippen LogP) is 4.27. The fraction of sp³-hybridized carbons (Fsp3) is 0.0909. The van der Waals surface area contributed by atoms with Crippen LogP contribution in [0.1, 0.15) is 15.9 Å². The third-order valence-corrected chi connectivity index (χ3v) is 3.95. The first-order chi connectivity index (χ1) is 13.6. The number of amides is 3. The molecule has 0 spiro atoms. The number of nitrogens with one attached hydrogen (secondary N) is 3. The van der Waals surface area contributed by atoms with Gasteiger partial charge in [-0.05, 0) is 42.0 Å². The van der Waals surface area contributed by atoms with E-state index in [2.05, 4.69) is 16.0 Å². The van der Waals surface area contributed by atoms with E-state index in [0.717, 1.165) is 5.56 Å². The van der Waals surface area contributed by atoms with Crippen molar-refractivity contribution < 1.29 is 14.3 Å². The topological polar surface area (TPSA) is 79.5 Å². The third kappa shape index (κ3) is 5.35. The molecule has 3 amide bonds. The standard InChI is InChI=1S/C22H21N3O3/c1-23-22(27)25-19-11-6-10-18(14-19)24-21(26)17-9-5-12-20(13-17)28-15-16-7-3-2-4-8-16/h2-14H,15H2,1H3,(H,24,26)(H2,23,25,27). The van der Waals surface area contributed by atoms with Gasteiger partial charge in [-0.15, -0.1) is 0 Å². The quantitative estimate of drug-likeness (QED) is 0.602. The number of benzene rings is 3. The molecular formula is C22H21N3O3. The van der Waals surface area contributed by atoms with Crippen LogP contribution >= 0.6 is 0 Å². The molecule has 0 bridgehead atoms. The highest BCUT2D eigenvalue weighted by atomic mass is 16.5. The maximum atomic E-state index is 12.6. The van der Waals surface area contributed by atoms with Crippen molar-refractivity contribution in [3.63, 3.8) is 0 Å². The van der Waals surface area contributed by atoms with Crippen molar-refractivity contribution in [1.82, 2.24) is 5.32 Å². The first kappa shape index (κ1) is 19.0. The van der Waals surface area contributed by atoms with E-state index in [1.165, 1.54) is 7.05 Å². The van der Waals surface area contributed by atoms with E-state index in [4.69, 9.17) is 4.74 Å². The van der Waals surface area contributed by atoms with Gasteiger partial charge in [0, 0.05) is 24.0 Å². The third-order valence-electron chi connectivity index (χ3n) is 3.95. The van der Waals surface area contributed by atoms with Gasteiger partial charge in [0.25, 0.3) is 5.91 Å². The van der Waals surface area contributed by atoms with Gasteiger partial charge in [0.15, 0.2) is 0 Å². The summed E-state index contributed by atoms with van der Waals surface area (Å²) < 4.78 is 5.77. The Labute approximate surface area is 163 Å². The van der Waals surface area contributed by atoms with Crippen LogP contribution in [-0.4, -0.2) is 19.0 Å². The second-order valence-corrected chi connectivity index (χ2v) is 6.04. The molecule has 142 valence electrons. The molecule has 0 aromatic heterocycles. The molecule has 0 unspecified atom stereocenters. The van der Waals surface area contributed by atoms with Crippen LogP contribution in [-0.2, 0) is 6.61 Å². The number of carbonyl (C=O) groups is 2. The number of ether oxygens (including phenoxy) is 1. The number of hydrogen-bond acceptors (Lipinski definition) is 3. The lowest BCUT2D eigenvalue weighted by Gasteiger charge is -2.10. The van der Waals surface area contributed by atoms with E-state index < -0.39 is 0 Å². The van der Waals surface area contributed by atoms with Crippen molar-refractivity contribution in [2.75, 3.05) is 17.7 Å². The largest absolute Gasteiger partial charge is 0.489 e. The molecule has 0 aliphatic carbocycles. The van der Waals surface area contributed by atoms with Gasteiger partial charge in [-0.25, -0.2) is 4.79 Å². The summed E-state index contributed by atoms with van der Waals surface area (Å²) in [5, 5.41) is 7.97. The second kappa shape index (κ2) is 9.23. The highest BCUT2D eigenvalue weighted by molar-refractivity contribution is 6.04. The number of carbonyl (C=O) groups excluding carboxylic acids is 2. The number of anilines is 2. The van der Waals surface area contributed by atoms with Crippen LogP contribution in [0.4, 0.5) is 16.2 Å². The van der Waals surface area contributed by atoms with Gasteiger partial charge in [-0.2, -0.15) is 0 Å². The minimum atomic E-state index is -0.327. The second-order valence-electron chi connectivity index (χ2n) is 6.04. The Morgan fingerprint density at radius 3 is 2.29 bits per heavy atom. The number of rotatable bonds is 6. The molecule has 3 aromatic carbocycles. The van der Waals surface area contributed by atoms with Gasteiger partial charge >= 0.3 is 6.03 Å². The zero-order chi connectivity index (χ0) is 19.8. The summed E-state index contributed by atoms with van der Waals surface area (Å²) in [5.41, 5.74) is 2.69. The van der Waals surface area contributed by atoms with Gasteiger partial charge in [0.1, 0.15) is 12.4 Å². The summed E-state index contributed by atoms with van der Waals surface area (Å²) in [7, 11) is 1.54. The Morgan fingerprint density at radius 2 is 1.54 bits per heavy atom. The predicted molar refractivity (Wildman–Crippen MR) is 110 cm³/mol. The summed E-state index contributed by atoms with van der Waals surface area (Å²) in [4.78, 5) is 24.0. The maximum absolute atomic E-state index is 12.6. The van der Waals surface area contributed by atoms with Crippen LogP contribution in [0.15, 0.2) is 78.9 Å². The molecule has 6 nitrogen and oxygen atoms in total. The molecule has 28 heavy (non-hydrogen) atoms. The smallest absolute Gasteiger partial charge is 0.318 e. The zero-order valence-electron chi connectivity index (χ0n) is 15.4. The Morgan fingerprint density at radius 1 is 0.821 bits per heavy atom. The van der Waals surface area contributed by atoms with Crippen molar-refractivity contribution in [2.24, 2.45) is 0 Å². The van der Waals surface area contributed by atoms with E-state index in [0.29, 0.717) is 29.3 Å². The molecule has 0 aliphatic rings. The number of hydrogen-bond donors (Lipinski definition) is 3. The average Bonchev–Trinajstić information content (AvgIpc) is 2.73. The zero-order valence-corrected chi connectivity index (χ0v) is 15.4. The Balaban J connectivity index is 1.64. The SMILES string of the molecule is CNC(=O)Nc1cccc(NC(=O)c2cccc(OCc3ccccc3)c2)c1. The molecule has 0 saturated heterocycles. The minimum Gasteiger partial charge on any atom is -0.489 e. The molecule has 0 aliphatic heterocycles. The summed E-state index contributed by atoms with van der Waals surface area (Å²) >= 11 is 0. The summed E-state index contributed by atoms with van der Waals surface area (Å²) in [5.74, 6) is 0.355. The summed E-state index contributed by atoms with van der Waals surface area (Å²) in [6.45, 7) is 0.430. The molecule has 0 radical (unpaired) electrons. The Hall–Kier alpha value is -3.80. The lowest BCUT2D eigenvalue weighted by molar-refractivity contribution is 0.102. The summed E-state index contributed by atoms with van der Waals surface area (Å²) in [6, 6.07) is 23.4. The van der Waals surface area contributed by atoms with Crippen molar-refractivity contribution >= 4 is 23.3 Å². The fourth-order valence-corrected chi connectivity index (χ4v) is 2.54. The van der Waals surface area contributed by atoms with Crippen LogP contribution in [0.3, 0.4) is 0 Å². The minimum absolute atomic E-state index is 0.262. The molecule has 0 fully saturated rings. The maximum Gasteiger partial charge on any atom is 0.318 e. The van der Waals surface area contributed by atoms with E-state index >= 15 is 0 Å². The molecular weight excluding hydrogens is 354 g/mol. The van der Waals surface area contributed by atoms with Gasteiger partial charge < -0.3 is 20.7 Å². The molecule has 0 saturated carbocycles. The lowest BCUT2D eigenvalue weighted by Crippen LogP contribution is -2.24. The summed E-state index contributed by atoms with van der Waals surface area (Å²) in [6.07, 6.45) is 0. The first-order valence-corrected chi connectivity index (χ1v) is 8.81. The highest BCUT2D eigenvalue weighted by Gasteiger charge is 2.08. The molecule has 6 heteroatoms. The molecule has 3 rings (SSSR count). The fourth-order valence-electron chi connectivity index (χ4n) is 2.54. The van der Waals surface area contributed by atoms with Gasteiger partial charge in [-0.3, -0.25) is 4.79 Å². The van der Waals surface area contributed by atoms with Crippen LogP contribution < -0.4 is 20.7 Å². The van der Waals surface area contributed by atoms with Gasteiger partial charge in [0.05, 0.1) is 0 Å². The van der Waals surface area contributed by atoms with Crippen molar-refractivity contribution in [3.8, 4) is 5.75 Å². The molecule has 0 heterocycles. The van der Waals surface area contributed by atoms with Crippen LogP contribution in [0.2, 0.25) is 0 Å². The van der Waals surface area contributed by atoms with E-state index in [9.17, 15) is 9.59 Å². The van der Waals surface area contributed by atoms with Crippen LogP contribution in [0.5, 0.6) is 5.75 Å². The van der Waals surface area contributed by atoms with Crippen LogP contribution in [0, 0.1) is 0 Å². The van der Waals surface area contributed by atoms with Crippen molar-refractivity contribution in [1.29, 1.82) is 0 Å². The molecule has 0 atom stereocenters.